The minimum atomic E-state index is -0.457. The molecule has 1 N–H and O–H groups in total. The fourth-order valence-corrected chi connectivity index (χ4v) is 8.59. The van der Waals surface area contributed by atoms with Crippen LogP contribution in [0.1, 0.15) is 91.4 Å². The molecule has 152 valence electrons. The molecule has 0 bridgehead atoms. The molecule has 4 aliphatic carbocycles. The topological polar surface area (TPSA) is 37.3 Å². The van der Waals surface area contributed by atoms with Crippen molar-refractivity contribution < 1.29 is 9.90 Å². The van der Waals surface area contributed by atoms with Gasteiger partial charge in [-0.15, -0.1) is 6.58 Å². The number of carbonyl (C=O) groups is 1. The van der Waals surface area contributed by atoms with Crippen LogP contribution in [0, 0.1) is 40.4 Å². The zero-order valence-electron chi connectivity index (χ0n) is 17.8. The molecule has 0 unspecified atom stereocenters. The van der Waals surface area contributed by atoms with Gasteiger partial charge in [0.1, 0.15) is 5.78 Å². The van der Waals surface area contributed by atoms with Gasteiger partial charge in [0, 0.05) is 5.92 Å². The second-order valence-electron chi connectivity index (χ2n) is 11.2. The lowest BCUT2D eigenvalue weighted by Crippen LogP contribution is -2.56. The molecule has 2 nitrogen and oxygen atoms in total. The van der Waals surface area contributed by atoms with E-state index in [0.717, 1.165) is 49.9 Å². The minimum absolute atomic E-state index is 0.259. The summed E-state index contributed by atoms with van der Waals surface area (Å²) >= 11 is 0. The SMILES string of the molecule is C=CCC[C@@]1(O)CC[C@@]2(C)[C@@H](CC[C@@H]3[C@@H]2CC[C@]2(C)[C@@H](C(C)=O)CC[C@@H]32)C1. The van der Waals surface area contributed by atoms with Crippen LogP contribution in [0.4, 0.5) is 0 Å². The van der Waals surface area contributed by atoms with E-state index in [2.05, 4.69) is 20.4 Å². The Kier molecular flexibility index (Phi) is 4.89. The highest BCUT2D eigenvalue weighted by molar-refractivity contribution is 5.79. The molecule has 0 saturated heterocycles. The third kappa shape index (κ3) is 2.96. The molecule has 0 heterocycles. The average Bonchev–Trinajstić information content (AvgIpc) is 2.98. The van der Waals surface area contributed by atoms with Crippen LogP contribution in [-0.2, 0) is 4.79 Å². The number of aliphatic hydroxyl groups is 1. The van der Waals surface area contributed by atoms with Crippen molar-refractivity contribution in [1.29, 1.82) is 0 Å². The van der Waals surface area contributed by atoms with Crippen molar-refractivity contribution in [2.75, 3.05) is 0 Å². The van der Waals surface area contributed by atoms with Crippen LogP contribution >= 0.6 is 0 Å². The fraction of sp³-hybridized carbons (Fsp3) is 0.880. The number of fused-ring (bicyclic) bond motifs is 5. The Morgan fingerprint density at radius 2 is 1.78 bits per heavy atom. The van der Waals surface area contributed by atoms with E-state index >= 15 is 0 Å². The van der Waals surface area contributed by atoms with E-state index in [0.29, 0.717) is 23.0 Å². The Labute approximate surface area is 166 Å². The van der Waals surface area contributed by atoms with Gasteiger partial charge in [0.15, 0.2) is 0 Å². The highest BCUT2D eigenvalue weighted by Crippen LogP contribution is 2.68. The van der Waals surface area contributed by atoms with Gasteiger partial charge < -0.3 is 5.11 Å². The molecular formula is C25H40O2. The van der Waals surface area contributed by atoms with Gasteiger partial charge in [0.05, 0.1) is 5.60 Å². The molecule has 4 saturated carbocycles. The highest BCUT2D eigenvalue weighted by Gasteiger charge is 2.61. The van der Waals surface area contributed by atoms with Crippen molar-refractivity contribution >= 4 is 5.78 Å². The molecule has 0 radical (unpaired) electrons. The summed E-state index contributed by atoms with van der Waals surface area (Å²) in [5.74, 6) is 3.80. The van der Waals surface area contributed by atoms with Gasteiger partial charge in [-0.05, 0) is 112 Å². The van der Waals surface area contributed by atoms with Crippen LogP contribution in [0.15, 0.2) is 12.7 Å². The lowest BCUT2D eigenvalue weighted by molar-refractivity contribution is -0.154. The molecule has 4 fully saturated rings. The van der Waals surface area contributed by atoms with Crippen molar-refractivity contribution in [2.45, 2.75) is 97.0 Å². The van der Waals surface area contributed by atoms with Crippen LogP contribution in [0.5, 0.6) is 0 Å². The van der Waals surface area contributed by atoms with Crippen LogP contribution < -0.4 is 0 Å². The molecule has 27 heavy (non-hydrogen) atoms. The van der Waals surface area contributed by atoms with Crippen LogP contribution in [0.2, 0.25) is 0 Å². The standard InChI is InChI=1S/C25H40O2/c1-5-6-12-25(27)15-14-23(3)18(16-25)7-8-19-21-10-9-20(17(2)26)24(21,4)13-11-22(19)23/h5,18-22,27H,1,6-16H2,2-4H3/t18-,19-,20+,21-,22-,23-,24+,25+/m0/s1. The number of hydrogen-bond donors (Lipinski definition) is 1. The Hall–Kier alpha value is -0.630. The van der Waals surface area contributed by atoms with E-state index in [9.17, 15) is 9.90 Å². The summed E-state index contributed by atoms with van der Waals surface area (Å²) in [7, 11) is 0. The normalized spacial score (nSPS) is 51.8. The van der Waals surface area contributed by atoms with Gasteiger partial charge in [-0.1, -0.05) is 19.9 Å². The van der Waals surface area contributed by atoms with Crippen LogP contribution in [0.3, 0.4) is 0 Å². The number of ketones is 1. The lowest BCUT2D eigenvalue weighted by atomic mass is 9.43. The minimum Gasteiger partial charge on any atom is -0.390 e. The molecule has 8 atom stereocenters. The molecule has 0 aromatic rings. The van der Waals surface area contributed by atoms with E-state index in [-0.39, 0.29) is 5.41 Å². The van der Waals surface area contributed by atoms with E-state index in [1.54, 1.807) is 0 Å². The van der Waals surface area contributed by atoms with Crippen molar-refractivity contribution in [1.82, 2.24) is 0 Å². The van der Waals surface area contributed by atoms with Gasteiger partial charge >= 0.3 is 0 Å². The van der Waals surface area contributed by atoms with Crippen molar-refractivity contribution in [3.8, 4) is 0 Å². The quantitative estimate of drug-likeness (QED) is 0.621. The van der Waals surface area contributed by atoms with Gasteiger partial charge in [-0.2, -0.15) is 0 Å². The second-order valence-corrected chi connectivity index (χ2v) is 11.2. The number of carbonyl (C=O) groups excluding carboxylic acids is 1. The molecule has 0 aromatic heterocycles. The largest absolute Gasteiger partial charge is 0.390 e. The zero-order chi connectivity index (χ0) is 19.4. The van der Waals surface area contributed by atoms with Crippen LogP contribution in [-0.4, -0.2) is 16.5 Å². The summed E-state index contributed by atoms with van der Waals surface area (Å²) in [6.07, 6.45) is 14.5. The van der Waals surface area contributed by atoms with Gasteiger partial charge in [0.25, 0.3) is 0 Å². The first kappa shape index (κ1) is 19.7. The van der Waals surface area contributed by atoms with E-state index in [1.807, 2.05) is 13.0 Å². The summed E-state index contributed by atoms with van der Waals surface area (Å²) in [6.45, 7) is 10.7. The number of Topliss-reactive ketones (excluding diaryl/α,β-unsaturated/α-hetero) is 1. The zero-order valence-corrected chi connectivity index (χ0v) is 17.8. The predicted molar refractivity (Wildman–Crippen MR) is 110 cm³/mol. The lowest BCUT2D eigenvalue weighted by Gasteiger charge is -2.62. The number of allylic oxidation sites excluding steroid dienone is 1. The third-order valence-electron chi connectivity index (χ3n) is 10.1. The Bertz CT molecular complexity index is 611. The third-order valence-corrected chi connectivity index (χ3v) is 10.1. The number of rotatable bonds is 4. The van der Waals surface area contributed by atoms with Gasteiger partial charge in [-0.25, -0.2) is 0 Å². The molecule has 0 spiro atoms. The average molecular weight is 373 g/mol. The van der Waals surface area contributed by atoms with Crippen molar-refractivity contribution in [3.05, 3.63) is 12.7 Å². The maximum atomic E-state index is 12.3. The first-order valence-corrected chi connectivity index (χ1v) is 11.6. The molecule has 0 aromatic carbocycles. The predicted octanol–water partition coefficient (Wildman–Crippen LogP) is 5.93. The van der Waals surface area contributed by atoms with Crippen molar-refractivity contribution in [3.63, 3.8) is 0 Å². The summed E-state index contributed by atoms with van der Waals surface area (Å²) in [5.41, 5.74) is 0.204. The smallest absolute Gasteiger partial charge is 0.133 e. The summed E-state index contributed by atoms with van der Waals surface area (Å²) < 4.78 is 0. The molecule has 4 aliphatic rings. The molecular weight excluding hydrogens is 332 g/mol. The first-order valence-electron chi connectivity index (χ1n) is 11.6. The molecule has 2 heteroatoms. The van der Waals surface area contributed by atoms with E-state index in [1.165, 1.54) is 38.5 Å². The van der Waals surface area contributed by atoms with Gasteiger partial charge in [0.2, 0.25) is 0 Å². The molecule has 0 amide bonds. The Balaban J connectivity index is 1.54. The second kappa shape index (κ2) is 6.71. The highest BCUT2D eigenvalue weighted by atomic mass is 16.3. The molecule has 4 rings (SSSR count). The first-order chi connectivity index (χ1) is 12.7. The van der Waals surface area contributed by atoms with Crippen molar-refractivity contribution in [2.24, 2.45) is 40.4 Å². The van der Waals surface area contributed by atoms with Gasteiger partial charge in [-0.3, -0.25) is 4.79 Å². The number of hydrogen-bond acceptors (Lipinski definition) is 2. The maximum Gasteiger partial charge on any atom is 0.133 e. The summed E-state index contributed by atoms with van der Waals surface area (Å²) in [5, 5.41) is 11.2. The van der Waals surface area contributed by atoms with E-state index in [4.69, 9.17) is 0 Å². The van der Waals surface area contributed by atoms with E-state index < -0.39 is 5.60 Å². The van der Waals surface area contributed by atoms with Crippen LogP contribution in [0.25, 0.3) is 0 Å². The fourth-order valence-electron chi connectivity index (χ4n) is 8.59. The Morgan fingerprint density at radius 3 is 2.48 bits per heavy atom. The molecule has 0 aliphatic heterocycles. The summed E-state index contributed by atoms with van der Waals surface area (Å²) in [6, 6.07) is 0. The summed E-state index contributed by atoms with van der Waals surface area (Å²) in [4.78, 5) is 12.3. The maximum absolute atomic E-state index is 12.3. The monoisotopic (exact) mass is 372 g/mol. The Morgan fingerprint density at radius 1 is 1.04 bits per heavy atom.